The van der Waals surface area contributed by atoms with Crippen molar-refractivity contribution < 1.29 is 0 Å². The van der Waals surface area contributed by atoms with E-state index in [2.05, 4.69) is 48.4 Å². The molecule has 3 rings (SSSR count). The standard InChI is InChI=1S/C15H18N2S/c1-10-9-16-15(18-10)11(2)17-14-7-12-5-3-4-6-13(12)8-14/h3-6,9,11,14,17H,7-8H2,1-2H3. The van der Waals surface area contributed by atoms with Gasteiger partial charge in [0.15, 0.2) is 0 Å². The third-order valence-corrected chi connectivity index (χ3v) is 4.64. The maximum absolute atomic E-state index is 4.46. The van der Waals surface area contributed by atoms with Gasteiger partial charge in [-0.2, -0.15) is 0 Å². The van der Waals surface area contributed by atoms with Crippen LogP contribution in [0.15, 0.2) is 30.5 Å². The Hall–Kier alpha value is -1.19. The molecular formula is C15H18N2S. The molecule has 1 N–H and O–H groups in total. The number of hydrogen-bond donors (Lipinski definition) is 1. The number of hydrogen-bond acceptors (Lipinski definition) is 3. The lowest BCUT2D eigenvalue weighted by Crippen LogP contribution is -2.31. The summed E-state index contributed by atoms with van der Waals surface area (Å²) < 4.78 is 0. The van der Waals surface area contributed by atoms with Crippen LogP contribution in [0.3, 0.4) is 0 Å². The summed E-state index contributed by atoms with van der Waals surface area (Å²) in [7, 11) is 0. The molecule has 0 spiro atoms. The Kier molecular flexibility index (Phi) is 3.18. The van der Waals surface area contributed by atoms with E-state index in [-0.39, 0.29) is 0 Å². The first-order chi connectivity index (χ1) is 8.72. The van der Waals surface area contributed by atoms with Crippen LogP contribution in [0.5, 0.6) is 0 Å². The molecule has 1 aromatic carbocycles. The van der Waals surface area contributed by atoms with Crippen LogP contribution in [0.1, 0.15) is 34.0 Å². The first-order valence-electron chi connectivity index (χ1n) is 6.47. The Labute approximate surface area is 112 Å². The van der Waals surface area contributed by atoms with E-state index in [0.717, 1.165) is 12.8 Å². The highest BCUT2D eigenvalue weighted by molar-refractivity contribution is 7.11. The second-order valence-corrected chi connectivity index (χ2v) is 6.34. The molecule has 0 saturated carbocycles. The molecule has 1 aliphatic carbocycles. The lowest BCUT2D eigenvalue weighted by Gasteiger charge is -2.17. The molecule has 0 bridgehead atoms. The molecule has 3 heteroatoms. The van der Waals surface area contributed by atoms with Crippen LogP contribution in [0.25, 0.3) is 0 Å². The Bertz CT molecular complexity index is 522. The summed E-state index contributed by atoms with van der Waals surface area (Å²) in [6.07, 6.45) is 4.25. The second kappa shape index (κ2) is 4.82. The molecule has 0 saturated heterocycles. The number of aryl methyl sites for hydroxylation is 1. The first-order valence-corrected chi connectivity index (χ1v) is 7.29. The maximum Gasteiger partial charge on any atom is 0.109 e. The van der Waals surface area contributed by atoms with Crippen LogP contribution >= 0.6 is 11.3 Å². The van der Waals surface area contributed by atoms with E-state index < -0.39 is 0 Å². The number of aromatic nitrogens is 1. The quantitative estimate of drug-likeness (QED) is 0.914. The second-order valence-electron chi connectivity index (χ2n) is 5.07. The summed E-state index contributed by atoms with van der Waals surface area (Å²) in [6, 6.07) is 9.67. The smallest absolute Gasteiger partial charge is 0.109 e. The van der Waals surface area contributed by atoms with Crippen molar-refractivity contribution in [3.63, 3.8) is 0 Å². The maximum atomic E-state index is 4.46. The molecule has 0 amide bonds. The van der Waals surface area contributed by atoms with Gasteiger partial charge in [0.25, 0.3) is 0 Å². The van der Waals surface area contributed by atoms with Crippen molar-refractivity contribution in [3.05, 3.63) is 51.5 Å². The van der Waals surface area contributed by atoms with E-state index in [1.165, 1.54) is 21.0 Å². The molecule has 1 atom stereocenters. The van der Waals surface area contributed by atoms with E-state index >= 15 is 0 Å². The molecule has 0 radical (unpaired) electrons. The summed E-state index contributed by atoms with van der Waals surface area (Å²) in [5, 5.41) is 4.90. The van der Waals surface area contributed by atoms with Crippen molar-refractivity contribution in [2.45, 2.75) is 38.8 Å². The van der Waals surface area contributed by atoms with Gasteiger partial charge in [0.2, 0.25) is 0 Å². The van der Waals surface area contributed by atoms with Crippen molar-refractivity contribution >= 4 is 11.3 Å². The molecule has 2 aromatic rings. The highest BCUT2D eigenvalue weighted by atomic mass is 32.1. The van der Waals surface area contributed by atoms with E-state index in [0.29, 0.717) is 12.1 Å². The Balaban J connectivity index is 1.66. The predicted octanol–water partition coefficient (Wildman–Crippen LogP) is 3.27. The topological polar surface area (TPSA) is 24.9 Å². The van der Waals surface area contributed by atoms with Gasteiger partial charge in [-0.15, -0.1) is 11.3 Å². The highest BCUT2D eigenvalue weighted by Crippen LogP contribution is 2.25. The molecule has 1 heterocycles. The molecule has 0 aliphatic heterocycles. The third kappa shape index (κ3) is 2.33. The number of thiazole rings is 1. The number of rotatable bonds is 3. The summed E-state index contributed by atoms with van der Waals surface area (Å²) in [4.78, 5) is 5.75. The van der Waals surface area contributed by atoms with E-state index in [1.54, 1.807) is 11.3 Å². The molecule has 18 heavy (non-hydrogen) atoms. The zero-order chi connectivity index (χ0) is 12.5. The molecule has 0 fully saturated rings. The van der Waals surface area contributed by atoms with Gasteiger partial charge in [-0.1, -0.05) is 24.3 Å². The number of benzene rings is 1. The first kappa shape index (κ1) is 11.9. The zero-order valence-electron chi connectivity index (χ0n) is 10.8. The van der Waals surface area contributed by atoms with Crippen LogP contribution in [-0.4, -0.2) is 11.0 Å². The number of nitrogens with zero attached hydrogens (tertiary/aromatic N) is 1. The van der Waals surface area contributed by atoms with E-state index in [1.807, 2.05) is 6.20 Å². The van der Waals surface area contributed by atoms with Gasteiger partial charge in [0.05, 0.1) is 6.04 Å². The van der Waals surface area contributed by atoms with Gasteiger partial charge in [0.1, 0.15) is 5.01 Å². The van der Waals surface area contributed by atoms with Gasteiger partial charge < -0.3 is 5.32 Å². The largest absolute Gasteiger partial charge is 0.305 e. The summed E-state index contributed by atoms with van der Waals surface area (Å²) in [5.74, 6) is 0. The molecule has 1 aliphatic rings. The summed E-state index contributed by atoms with van der Waals surface area (Å²) in [6.45, 7) is 4.32. The van der Waals surface area contributed by atoms with Gasteiger partial charge in [-0.25, -0.2) is 4.98 Å². The van der Waals surface area contributed by atoms with E-state index in [9.17, 15) is 0 Å². The fourth-order valence-corrected chi connectivity index (χ4v) is 3.46. The lowest BCUT2D eigenvalue weighted by molar-refractivity contribution is 0.466. The molecule has 1 aromatic heterocycles. The van der Waals surface area contributed by atoms with Crippen LogP contribution in [0, 0.1) is 6.92 Å². The Morgan fingerprint density at radius 1 is 1.28 bits per heavy atom. The number of fused-ring (bicyclic) bond motifs is 1. The average Bonchev–Trinajstić information content (AvgIpc) is 2.94. The van der Waals surface area contributed by atoms with Crippen LogP contribution in [0.2, 0.25) is 0 Å². The minimum absolute atomic E-state index is 0.350. The normalized spacial score (nSPS) is 16.8. The zero-order valence-corrected chi connectivity index (χ0v) is 11.6. The summed E-state index contributed by atoms with van der Waals surface area (Å²) >= 11 is 1.79. The van der Waals surface area contributed by atoms with Gasteiger partial charge in [-0.05, 0) is 37.8 Å². The molecular weight excluding hydrogens is 240 g/mol. The minimum Gasteiger partial charge on any atom is -0.305 e. The lowest BCUT2D eigenvalue weighted by atomic mass is 10.1. The van der Waals surface area contributed by atoms with Crippen LogP contribution in [-0.2, 0) is 12.8 Å². The average molecular weight is 258 g/mol. The highest BCUT2D eigenvalue weighted by Gasteiger charge is 2.23. The molecule has 2 nitrogen and oxygen atoms in total. The van der Waals surface area contributed by atoms with Gasteiger partial charge in [-0.3, -0.25) is 0 Å². The SMILES string of the molecule is Cc1cnc(C(C)NC2Cc3ccccc3C2)s1. The van der Waals surface area contributed by atoms with Crippen molar-refractivity contribution in [1.82, 2.24) is 10.3 Å². The van der Waals surface area contributed by atoms with Gasteiger partial charge >= 0.3 is 0 Å². The fourth-order valence-electron chi connectivity index (χ4n) is 2.67. The minimum atomic E-state index is 0.350. The van der Waals surface area contributed by atoms with Crippen LogP contribution < -0.4 is 5.32 Å². The summed E-state index contributed by atoms with van der Waals surface area (Å²) in [5.41, 5.74) is 3.00. The predicted molar refractivity (Wildman–Crippen MR) is 76.0 cm³/mol. The third-order valence-electron chi connectivity index (χ3n) is 3.55. The van der Waals surface area contributed by atoms with E-state index in [4.69, 9.17) is 0 Å². The monoisotopic (exact) mass is 258 g/mol. The van der Waals surface area contributed by atoms with Crippen molar-refractivity contribution in [2.24, 2.45) is 0 Å². The molecule has 1 unspecified atom stereocenters. The van der Waals surface area contributed by atoms with Crippen LogP contribution in [0.4, 0.5) is 0 Å². The number of nitrogens with one attached hydrogen (secondary N) is 1. The van der Waals surface area contributed by atoms with Gasteiger partial charge in [0, 0.05) is 17.1 Å². The van der Waals surface area contributed by atoms with Crippen molar-refractivity contribution in [1.29, 1.82) is 0 Å². The van der Waals surface area contributed by atoms with Crippen molar-refractivity contribution in [3.8, 4) is 0 Å². The fraction of sp³-hybridized carbons (Fsp3) is 0.400. The molecule has 94 valence electrons. The van der Waals surface area contributed by atoms with Crippen molar-refractivity contribution in [2.75, 3.05) is 0 Å². The Morgan fingerprint density at radius 3 is 2.50 bits per heavy atom. The Morgan fingerprint density at radius 2 is 1.94 bits per heavy atom.